The first-order valence-electron chi connectivity index (χ1n) is 5.75. The first-order valence-corrected chi connectivity index (χ1v) is 6.19. The van der Waals surface area contributed by atoms with Crippen molar-refractivity contribution in [3.05, 3.63) is 41.7 Å². The Balaban J connectivity index is 2.45. The van der Waals surface area contributed by atoms with Crippen LogP contribution in [0.4, 0.5) is 0 Å². The Morgan fingerprint density at radius 3 is 2.47 bits per heavy atom. The molecule has 0 N–H and O–H groups in total. The molecule has 2 aromatic rings. The van der Waals surface area contributed by atoms with Crippen molar-refractivity contribution in [3.8, 4) is 5.69 Å². The Labute approximate surface area is 106 Å². The third-order valence-electron chi connectivity index (χ3n) is 2.72. The van der Waals surface area contributed by atoms with Crippen molar-refractivity contribution in [2.24, 2.45) is 0 Å². The maximum absolute atomic E-state index is 5.99. The first kappa shape index (κ1) is 12.1. The van der Waals surface area contributed by atoms with Crippen LogP contribution >= 0.6 is 11.6 Å². The molecule has 3 nitrogen and oxygen atoms in total. The number of halogens is 1. The molecule has 0 spiro atoms. The zero-order valence-electron chi connectivity index (χ0n) is 10.3. The van der Waals surface area contributed by atoms with Gasteiger partial charge in [-0.15, -0.1) is 16.7 Å². The summed E-state index contributed by atoms with van der Waals surface area (Å²) in [6.07, 6.45) is 1.89. The molecule has 90 valence electrons. The molecule has 2 rings (SSSR count). The van der Waals surface area contributed by atoms with E-state index in [0.29, 0.717) is 5.92 Å². The summed E-state index contributed by atoms with van der Waals surface area (Å²) >= 11 is 5.99. The number of hydrogen-bond acceptors (Lipinski definition) is 2. The maximum atomic E-state index is 5.99. The van der Waals surface area contributed by atoms with Gasteiger partial charge >= 0.3 is 0 Å². The highest BCUT2D eigenvalue weighted by Gasteiger charge is 2.11. The van der Waals surface area contributed by atoms with Crippen LogP contribution in [-0.2, 0) is 0 Å². The molecular formula is C13H16ClN3. The van der Waals surface area contributed by atoms with Gasteiger partial charge in [-0.2, -0.15) is 0 Å². The lowest BCUT2D eigenvalue weighted by molar-refractivity contribution is 0.767. The lowest BCUT2D eigenvalue weighted by atomic mass is 10.0. The highest BCUT2D eigenvalue weighted by molar-refractivity contribution is 6.20. The number of rotatable bonds is 3. The van der Waals surface area contributed by atoms with Gasteiger partial charge in [0, 0.05) is 0 Å². The second-order valence-electron chi connectivity index (χ2n) is 4.42. The molecule has 4 heteroatoms. The van der Waals surface area contributed by atoms with Crippen LogP contribution in [0.25, 0.3) is 5.69 Å². The van der Waals surface area contributed by atoms with Gasteiger partial charge in [0.2, 0.25) is 0 Å². The molecular weight excluding hydrogens is 234 g/mol. The van der Waals surface area contributed by atoms with E-state index in [1.54, 1.807) is 4.68 Å². The number of alkyl halides is 1. The summed E-state index contributed by atoms with van der Waals surface area (Å²) in [7, 11) is 0. The summed E-state index contributed by atoms with van der Waals surface area (Å²) in [6.45, 7) is 6.23. The molecule has 0 radical (unpaired) electrons. The number of benzene rings is 1. The van der Waals surface area contributed by atoms with Crippen LogP contribution in [0, 0.1) is 0 Å². The lowest BCUT2D eigenvalue weighted by Crippen LogP contribution is -2.01. The number of aromatic nitrogens is 3. The molecule has 0 saturated heterocycles. The molecule has 0 aliphatic heterocycles. The van der Waals surface area contributed by atoms with Gasteiger partial charge in [0.05, 0.1) is 17.3 Å². The van der Waals surface area contributed by atoms with E-state index in [-0.39, 0.29) is 5.38 Å². The van der Waals surface area contributed by atoms with Gasteiger partial charge in [-0.3, -0.25) is 0 Å². The second kappa shape index (κ2) is 4.88. The number of para-hydroxylation sites is 1. The Morgan fingerprint density at radius 2 is 1.88 bits per heavy atom. The van der Waals surface area contributed by atoms with Gasteiger partial charge in [-0.1, -0.05) is 37.3 Å². The maximum Gasteiger partial charge on any atom is 0.101 e. The molecule has 0 aliphatic carbocycles. The van der Waals surface area contributed by atoms with E-state index in [0.717, 1.165) is 11.4 Å². The third-order valence-corrected chi connectivity index (χ3v) is 2.95. The van der Waals surface area contributed by atoms with Crippen LogP contribution in [0.5, 0.6) is 0 Å². The summed E-state index contributed by atoms with van der Waals surface area (Å²) in [4.78, 5) is 0. The molecule has 17 heavy (non-hydrogen) atoms. The lowest BCUT2D eigenvalue weighted by Gasteiger charge is -2.11. The average Bonchev–Trinajstić information content (AvgIpc) is 2.78. The molecule has 0 aliphatic rings. The van der Waals surface area contributed by atoms with Crippen molar-refractivity contribution in [2.45, 2.75) is 32.1 Å². The van der Waals surface area contributed by atoms with Crippen molar-refractivity contribution < 1.29 is 0 Å². The summed E-state index contributed by atoms with van der Waals surface area (Å²) in [5.41, 5.74) is 3.12. The fraction of sp³-hybridized carbons (Fsp3) is 0.385. The van der Waals surface area contributed by atoms with E-state index in [9.17, 15) is 0 Å². The van der Waals surface area contributed by atoms with Gasteiger partial charge in [0.15, 0.2) is 0 Å². The minimum absolute atomic E-state index is 0.116. The van der Waals surface area contributed by atoms with Crippen molar-refractivity contribution >= 4 is 11.6 Å². The zero-order valence-corrected chi connectivity index (χ0v) is 11.0. The van der Waals surface area contributed by atoms with E-state index in [2.05, 4.69) is 30.2 Å². The van der Waals surface area contributed by atoms with Gasteiger partial charge in [-0.05, 0) is 24.5 Å². The van der Waals surface area contributed by atoms with Crippen molar-refractivity contribution in [3.63, 3.8) is 0 Å². The summed E-state index contributed by atoms with van der Waals surface area (Å²) in [5.74, 6) is 0.451. The van der Waals surface area contributed by atoms with Gasteiger partial charge in [0.25, 0.3) is 0 Å². The largest absolute Gasteiger partial charge is 0.220 e. The van der Waals surface area contributed by atoms with E-state index in [4.69, 9.17) is 11.6 Å². The zero-order chi connectivity index (χ0) is 12.4. The minimum Gasteiger partial charge on any atom is -0.220 e. The van der Waals surface area contributed by atoms with E-state index >= 15 is 0 Å². The highest BCUT2D eigenvalue weighted by Crippen LogP contribution is 2.23. The van der Waals surface area contributed by atoms with Crippen LogP contribution in [0.15, 0.2) is 30.5 Å². The van der Waals surface area contributed by atoms with Gasteiger partial charge < -0.3 is 0 Å². The smallest absolute Gasteiger partial charge is 0.101 e. The molecule has 1 heterocycles. The molecule has 0 fully saturated rings. The van der Waals surface area contributed by atoms with Crippen LogP contribution in [0.3, 0.4) is 0 Å². The molecule has 0 bridgehead atoms. The standard InChI is InChI=1S/C13H16ClN3/c1-9(2)11-6-4-5-7-13(11)17-8-12(10(3)14)15-16-17/h4-10H,1-3H3. The summed E-state index contributed by atoms with van der Waals surface area (Å²) in [6, 6.07) is 8.21. The van der Waals surface area contributed by atoms with E-state index in [1.165, 1.54) is 5.56 Å². The predicted octanol–water partition coefficient (Wildman–Crippen LogP) is 3.69. The quantitative estimate of drug-likeness (QED) is 0.777. The Kier molecular flexibility index (Phi) is 3.48. The third kappa shape index (κ3) is 2.50. The normalized spacial score (nSPS) is 13.0. The van der Waals surface area contributed by atoms with Gasteiger partial charge in [-0.25, -0.2) is 4.68 Å². The second-order valence-corrected chi connectivity index (χ2v) is 5.07. The van der Waals surface area contributed by atoms with E-state index < -0.39 is 0 Å². The van der Waals surface area contributed by atoms with Crippen LogP contribution in [0.1, 0.15) is 43.3 Å². The number of nitrogens with zero attached hydrogens (tertiary/aromatic N) is 3. The SMILES string of the molecule is CC(C)c1ccccc1-n1cc(C(C)Cl)nn1. The molecule has 1 aromatic heterocycles. The van der Waals surface area contributed by atoms with Crippen molar-refractivity contribution in [1.29, 1.82) is 0 Å². The first-order chi connectivity index (χ1) is 8.09. The van der Waals surface area contributed by atoms with Crippen molar-refractivity contribution in [2.75, 3.05) is 0 Å². The highest BCUT2D eigenvalue weighted by atomic mass is 35.5. The fourth-order valence-corrected chi connectivity index (χ4v) is 1.86. The molecule has 1 aromatic carbocycles. The molecule has 0 saturated carbocycles. The Hall–Kier alpha value is -1.35. The molecule has 1 atom stereocenters. The average molecular weight is 250 g/mol. The summed E-state index contributed by atoms with van der Waals surface area (Å²) in [5, 5.41) is 8.09. The number of hydrogen-bond donors (Lipinski definition) is 0. The Morgan fingerprint density at radius 1 is 1.18 bits per heavy atom. The van der Waals surface area contributed by atoms with Crippen molar-refractivity contribution in [1.82, 2.24) is 15.0 Å². The minimum atomic E-state index is -0.116. The predicted molar refractivity (Wildman–Crippen MR) is 69.7 cm³/mol. The summed E-state index contributed by atoms with van der Waals surface area (Å²) < 4.78 is 1.80. The van der Waals surface area contributed by atoms with Crippen LogP contribution in [-0.4, -0.2) is 15.0 Å². The van der Waals surface area contributed by atoms with Crippen LogP contribution < -0.4 is 0 Å². The monoisotopic (exact) mass is 249 g/mol. The molecule has 1 unspecified atom stereocenters. The molecule has 0 amide bonds. The topological polar surface area (TPSA) is 30.7 Å². The Bertz CT molecular complexity index is 503. The van der Waals surface area contributed by atoms with E-state index in [1.807, 2.05) is 31.3 Å². The van der Waals surface area contributed by atoms with Gasteiger partial charge in [0.1, 0.15) is 5.69 Å². The fourth-order valence-electron chi connectivity index (χ4n) is 1.76. The van der Waals surface area contributed by atoms with Crippen LogP contribution in [0.2, 0.25) is 0 Å².